The average molecular weight is 285 g/mol. The molecular formula is C19H27NO. The van der Waals surface area contributed by atoms with E-state index in [4.69, 9.17) is 4.74 Å². The standard InChI is InChI=1S/C19H27NO/c1-5-19(6-2,21-4)18(20-7-3)17-14-10-12-15-11-8-9-13-16(15)17/h8-14,18,20H,5-7H2,1-4H3. The molecule has 0 spiro atoms. The third-order valence-electron chi connectivity index (χ3n) is 4.67. The highest BCUT2D eigenvalue weighted by atomic mass is 16.5. The minimum atomic E-state index is -0.167. The molecular weight excluding hydrogens is 258 g/mol. The minimum absolute atomic E-state index is 0.167. The maximum Gasteiger partial charge on any atom is 0.0867 e. The van der Waals surface area contributed by atoms with Gasteiger partial charge < -0.3 is 10.1 Å². The highest BCUT2D eigenvalue weighted by Crippen LogP contribution is 2.37. The summed E-state index contributed by atoms with van der Waals surface area (Å²) in [4.78, 5) is 0. The van der Waals surface area contributed by atoms with Crippen molar-refractivity contribution in [2.45, 2.75) is 45.3 Å². The van der Waals surface area contributed by atoms with Crippen molar-refractivity contribution in [3.8, 4) is 0 Å². The Balaban J connectivity index is 2.60. The third kappa shape index (κ3) is 2.97. The Labute approximate surface area is 128 Å². The van der Waals surface area contributed by atoms with Gasteiger partial charge >= 0.3 is 0 Å². The fourth-order valence-electron chi connectivity index (χ4n) is 3.35. The van der Waals surface area contributed by atoms with Crippen molar-refractivity contribution in [1.29, 1.82) is 0 Å². The number of methoxy groups -OCH3 is 1. The summed E-state index contributed by atoms with van der Waals surface area (Å²) in [5.74, 6) is 0. The first-order valence-electron chi connectivity index (χ1n) is 7.98. The first-order chi connectivity index (χ1) is 10.2. The van der Waals surface area contributed by atoms with Crippen LogP contribution in [0.1, 0.15) is 45.2 Å². The van der Waals surface area contributed by atoms with Crippen LogP contribution in [0, 0.1) is 0 Å². The van der Waals surface area contributed by atoms with E-state index in [0.29, 0.717) is 0 Å². The van der Waals surface area contributed by atoms with Gasteiger partial charge in [0.15, 0.2) is 0 Å². The lowest BCUT2D eigenvalue weighted by atomic mass is 9.82. The van der Waals surface area contributed by atoms with Crippen LogP contribution in [0.2, 0.25) is 0 Å². The molecule has 0 aromatic heterocycles. The molecule has 21 heavy (non-hydrogen) atoms. The smallest absolute Gasteiger partial charge is 0.0867 e. The molecule has 1 N–H and O–H groups in total. The van der Waals surface area contributed by atoms with E-state index in [-0.39, 0.29) is 11.6 Å². The van der Waals surface area contributed by atoms with E-state index >= 15 is 0 Å². The quantitative estimate of drug-likeness (QED) is 0.796. The summed E-state index contributed by atoms with van der Waals surface area (Å²) in [6, 6.07) is 15.3. The van der Waals surface area contributed by atoms with E-state index in [0.717, 1.165) is 19.4 Å². The van der Waals surface area contributed by atoms with Gasteiger partial charge in [-0.05, 0) is 35.7 Å². The Bertz CT molecular complexity index is 561. The van der Waals surface area contributed by atoms with Gasteiger partial charge in [-0.25, -0.2) is 0 Å². The van der Waals surface area contributed by atoms with Crippen LogP contribution >= 0.6 is 0 Å². The van der Waals surface area contributed by atoms with E-state index in [1.165, 1.54) is 16.3 Å². The lowest BCUT2D eigenvalue weighted by Gasteiger charge is -2.39. The van der Waals surface area contributed by atoms with Crippen LogP contribution in [0.5, 0.6) is 0 Å². The van der Waals surface area contributed by atoms with Crippen LogP contribution < -0.4 is 5.32 Å². The Morgan fingerprint density at radius 1 is 1.00 bits per heavy atom. The zero-order chi connectivity index (χ0) is 15.3. The zero-order valence-corrected chi connectivity index (χ0v) is 13.6. The zero-order valence-electron chi connectivity index (χ0n) is 13.6. The van der Waals surface area contributed by atoms with Gasteiger partial charge in [-0.2, -0.15) is 0 Å². The number of rotatable bonds is 7. The molecule has 0 radical (unpaired) electrons. The second kappa shape index (κ2) is 7.06. The van der Waals surface area contributed by atoms with E-state index < -0.39 is 0 Å². The van der Waals surface area contributed by atoms with E-state index in [9.17, 15) is 0 Å². The Kier molecular flexibility index (Phi) is 5.38. The summed E-state index contributed by atoms with van der Waals surface area (Å²) in [5.41, 5.74) is 1.17. The number of ether oxygens (including phenoxy) is 1. The highest BCUT2D eigenvalue weighted by molar-refractivity contribution is 5.86. The van der Waals surface area contributed by atoms with Gasteiger partial charge in [-0.15, -0.1) is 0 Å². The lowest BCUT2D eigenvalue weighted by Crippen LogP contribution is -2.45. The molecule has 2 heteroatoms. The predicted octanol–water partition coefficient (Wildman–Crippen LogP) is 4.70. The van der Waals surface area contributed by atoms with E-state index in [1.807, 2.05) is 7.11 Å². The number of hydrogen-bond donors (Lipinski definition) is 1. The van der Waals surface area contributed by atoms with Crippen molar-refractivity contribution in [2.24, 2.45) is 0 Å². The number of fused-ring (bicyclic) bond motifs is 1. The molecule has 2 rings (SSSR count). The molecule has 0 bridgehead atoms. The largest absolute Gasteiger partial charge is 0.376 e. The fraction of sp³-hybridized carbons (Fsp3) is 0.474. The number of hydrogen-bond acceptors (Lipinski definition) is 2. The van der Waals surface area contributed by atoms with Gasteiger partial charge in [-0.3, -0.25) is 0 Å². The van der Waals surface area contributed by atoms with Crippen LogP contribution in [0.3, 0.4) is 0 Å². The normalized spacial score (nSPS) is 13.5. The van der Waals surface area contributed by atoms with Crippen molar-refractivity contribution in [2.75, 3.05) is 13.7 Å². The van der Waals surface area contributed by atoms with Crippen molar-refractivity contribution in [3.63, 3.8) is 0 Å². The Morgan fingerprint density at radius 3 is 2.29 bits per heavy atom. The van der Waals surface area contributed by atoms with Crippen LogP contribution in [0.25, 0.3) is 10.8 Å². The van der Waals surface area contributed by atoms with Gasteiger partial charge in [0, 0.05) is 7.11 Å². The second-order valence-electron chi connectivity index (χ2n) is 5.54. The van der Waals surface area contributed by atoms with Crippen LogP contribution in [0.15, 0.2) is 42.5 Å². The maximum absolute atomic E-state index is 5.99. The minimum Gasteiger partial charge on any atom is -0.376 e. The van der Waals surface area contributed by atoms with E-state index in [2.05, 4.69) is 68.6 Å². The Morgan fingerprint density at radius 2 is 1.67 bits per heavy atom. The van der Waals surface area contributed by atoms with Crippen LogP contribution in [-0.4, -0.2) is 19.3 Å². The second-order valence-corrected chi connectivity index (χ2v) is 5.54. The lowest BCUT2D eigenvalue weighted by molar-refractivity contribution is -0.0478. The topological polar surface area (TPSA) is 21.3 Å². The molecule has 2 nitrogen and oxygen atoms in total. The molecule has 0 fully saturated rings. The molecule has 1 atom stereocenters. The molecule has 0 aliphatic heterocycles. The summed E-state index contributed by atoms with van der Waals surface area (Å²) in [7, 11) is 1.84. The molecule has 2 aromatic rings. The van der Waals surface area contributed by atoms with Crippen molar-refractivity contribution in [1.82, 2.24) is 5.32 Å². The summed E-state index contributed by atoms with van der Waals surface area (Å²) >= 11 is 0. The first kappa shape index (κ1) is 16.0. The van der Waals surface area contributed by atoms with Gasteiger partial charge in [0.2, 0.25) is 0 Å². The summed E-state index contributed by atoms with van der Waals surface area (Å²) in [6.45, 7) is 7.51. The number of benzene rings is 2. The van der Waals surface area contributed by atoms with Crippen molar-refractivity contribution < 1.29 is 4.74 Å². The highest BCUT2D eigenvalue weighted by Gasteiger charge is 2.37. The fourth-order valence-corrected chi connectivity index (χ4v) is 3.35. The van der Waals surface area contributed by atoms with Crippen molar-refractivity contribution in [3.05, 3.63) is 48.0 Å². The molecule has 114 valence electrons. The number of nitrogens with one attached hydrogen (secondary N) is 1. The SMILES string of the molecule is CCNC(c1cccc2ccccc12)C(CC)(CC)OC. The van der Waals surface area contributed by atoms with Crippen LogP contribution in [-0.2, 0) is 4.74 Å². The van der Waals surface area contributed by atoms with Crippen LogP contribution in [0.4, 0.5) is 0 Å². The molecule has 0 aliphatic carbocycles. The predicted molar refractivity (Wildman–Crippen MR) is 90.7 cm³/mol. The van der Waals surface area contributed by atoms with E-state index in [1.54, 1.807) is 0 Å². The molecule has 0 saturated carbocycles. The molecule has 0 amide bonds. The number of likely N-dealkylation sites (N-methyl/N-ethyl adjacent to an activating group) is 1. The molecule has 0 heterocycles. The Hall–Kier alpha value is -1.38. The molecule has 0 aliphatic rings. The first-order valence-corrected chi connectivity index (χ1v) is 7.98. The van der Waals surface area contributed by atoms with Gasteiger partial charge in [0.05, 0.1) is 11.6 Å². The summed E-state index contributed by atoms with van der Waals surface area (Å²) in [5, 5.41) is 6.26. The van der Waals surface area contributed by atoms with Gasteiger partial charge in [0.1, 0.15) is 0 Å². The third-order valence-corrected chi connectivity index (χ3v) is 4.67. The summed E-state index contributed by atoms with van der Waals surface area (Å²) < 4.78 is 5.99. The molecule has 1 unspecified atom stereocenters. The summed E-state index contributed by atoms with van der Waals surface area (Å²) in [6.07, 6.45) is 1.97. The van der Waals surface area contributed by atoms with Gasteiger partial charge in [0.25, 0.3) is 0 Å². The maximum atomic E-state index is 5.99. The molecule has 0 saturated heterocycles. The average Bonchev–Trinajstić information content (AvgIpc) is 2.55. The molecule has 2 aromatic carbocycles. The van der Waals surface area contributed by atoms with Gasteiger partial charge in [-0.1, -0.05) is 63.2 Å². The van der Waals surface area contributed by atoms with Crippen molar-refractivity contribution >= 4 is 10.8 Å². The monoisotopic (exact) mass is 285 g/mol.